The third-order valence-electron chi connectivity index (χ3n) is 2.47. The fourth-order valence-electron chi connectivity index (χ4n) is 1.61. The number of aromatic nitrogens is 1. The van der Waals surface area contributed by atoms with Crippen molar-refractivity contribution < 1.29 is 4.74 Å². The molecule has 0 spiro atoms. The molecule has 0 atom stereocenters. The number of hydrazone groups is 1. The Kier molecular flexibility index (Phi) is 2.49. The first kappa shape index (κ1) is 10.2. The minimum Gasteiger partial charge on any atom is -0.440 e. The SMILES string of the molecule is Clc1ccc(N2COC(n3cccc3)=N2)cc1. The quantitative estimate of drug-likeness (QED) is 0.776. The standard InChI is InChI=1S/C12H10ClN3O/c13-10-3-5-11(6-4-10)16-9-17-12(14-16)15-7-1-2-8-15/h1-8H,9H2. The van der Waals surface area contributed by atoms with Crippen LogP contribution in [0.2, 0.25) is 5.02 Å². The Labute approximate surface area is 104 Å². The first-order chi connectivity index (χ1) is 8.33. The highest BCUT2D eigenvalue weighted by Crippen LogP contribution is 2.20. The topological polar surface area (TPSA) is 29.8 Å². The van der Waals surface area contributed by atoms with Crippen molar-refractivity contribution in [2.75, 3.05) is 11.7 Å². The lowest BCUT2D eigenvalue weighted by atomic mass is 10.3. The second kappa shape index (κ2) is 4.14. The van der Waals surface area contributed by atoms with Gasteiger partial charge in [-0.1, -0.05) is 11.6 Å². The monoisotopic (exact) mass is 247 g/mol. The summed E-state index contributed by atoms with van der Waals surface area (Å²) in [6, 6.07) is 11.9. The third-order valence-corrected chi connectivity index (χ3v) is 2.72. The van der Waals surface area contributed by atoms with E-state index in [-0.39, 0.29) is 0 Å². The highest BCUT2D eigenvalue weighted by Gasteiger charge is 2.17. The fourth-order valence-corrected chi connectivity index (χ4v) is 1.74. The largest absolute Gasteiger partial charge is 0.440 e. The maximum Gasteiger partial charge on any atom is 0.319 e. The van der Waals surface area contributed by atoms with Gasteiger partial charge in [-0.25, -0.2) is 5.01 Å². The van der Waals surface area contributed by atoms with Gasteiger partial charge in [0.1, 0.15) is 0 Å². The second-order valence-electron chi connectivity index (χ2n) is 3.62. The zero-order valence-corrected chi connectivity index (χ0v) is 9.71. The van der Waals surface area contributed by atoms with Crippen LogP contribution >= 0.6 is 11.6 Å². The summed E-state index contributed by atoms with van der Waals surface area (Å²) in [5, 5.41) is 6.87. The van der Waals surface area contributed by atoms with Crippen LogP contribution in [0.15, 0.2) is 53.9 Å². The van der Waals surface area contributed by atoms with Crippen molar-refractivity contribution in [3.8, 4) is 0 Å². The Morgan fingerprint density at radius 2 is 1.82 bits per heavy atom. The van der Waals surface area contributed by atoms with Crippen molar-refractivity contribution >= 4 is 23.3 Å². The van der Waals surface area contributed by atoms with Gasteiger partial charge in [0, 0.05) is 17.4 Å². The molecule has 0 saturated carbocycles. The number of nitrogens with zero attached hydrogens (tertiary/aromatic N) is 3. The molecule has 0 bridgehead atoms. The predicted molar refractivity (Wildman–Crippen MR) is 67.1 cm³/mol. The zero-order chi connectivity index (χ0) is 11.7. The van der Waals surface area contributed by atoms with Crippen molar-refractivity contribution in [3.05, 3.63) is 53.8 Å². The molecule has 1 aromatic carbocycles. The molecule has 4 nitrogen and oxygen atoms in total. The Hall–Kier alpha value is -1.94. The van der Waals surface area contributed by atoms with Gasteiger partial charge in [-0.15, -0.1) is 5.10 Å². The minimum atomic E-state index is 0.412. The molecule has 2 aromatic rings. The molecule has 17 heavy (non-hydrogen) atoms. The summed E-state index contributed by atoms with van der Waals surface area (Å²) in [4.78, 5) is 0. The fraction of sp³-hybridized carbons (Fsp3) is 0.0833. The Morgan fingerprint density at radius 3 is 2.53 bits per heavy atom. The van der Waals surface area contributed by atoms with E-state index < -0.39 is 0 Å². The van der Waals surface area contributed by atoms with E-state index in [4.69, 9.17) is 16.3 Å². The first-order valence-corrected chi connectivity index (χ1v) is 5.58. The molecule has 86 valence electrons. The number of hydrogen-bond acceptors (Lipinski definition) is 3. The van der Waals surface area contributed by atoms with Crippen molar-refractivity contribution in [2.45, 2.75) is 0 Å². The van der Waals surface area contributed by atoms with Crippen molar-refractivity contribution in [1.29, 1.82) is 0 Å². The molecular formula is C12H10ClN3O. The second-order valence-corrected chi connectivity index (χ2v) is 4.06. The lowest BCUT2D eigenvalue weighted by Gasteiger charge is -2.10. The summed E-state index contributed by atoms with van der Waals surface area (Å²) in [5.74, 6) is 0. The molecule has 0 fully saturated rings. The van der Waals surface area contributed by atoms with Gasteiger partial charge in [-0.2, -0.15) is 0 Å². The summed E-state index contributed by atoms with van der Waals surface area (Å²) >= 11 is 5.84. The van der Waals surface area contributed by atoms with Crippen LogP contribution in [-0.4, -0.2) is 17.3 Å². The number of halogens is 1. The minimum absolute atomic E-state index is 0.412. The summed E-state index contributed by atoms with van der Waals surface area (Å²) in [7, 11) is 0. The van der Waals surface area contributed by atoms with E-state index in [0.29, 0.717) is 17.8 Å². The Bertz CT molecular complexity index is 533. The van der Waals surface area contributed by atoms with Gasteiger partial charge in [0.25, 0.3) is 0 Å². The molecule has 5 heteroatoms. The highest BCUT2D eigenvalue weighted by atomic mass is 35.5. The number of benzene rings is 1. The number of rotatable bonds is 1. The normalized spacial score (nSPS) is 14.6. The average Bonchev–Trinajstić information content (AvgIpc) is 3.00. The Morgan fingerprint density at radius 1 is 1.12 bits per heavy atom. The summed E-state index contributed by atoms with van der Waals surface area (Å²) in [6.45, 7) is 0.412. The highest BCUT2D eigenvalue weighted by molar-refractivity contribution is 6.30. The molecule has 3 rings (SSSR count). The van der Waals surface area contributed by atoms with Crippen LogP contribution in [0.5, 0.6) is 0 Å². The number of hydrogen-bond donors (Lipinski definition) is 0. The van der Waals surface area contributed by atoms with Gasteiger partial charge >= 0.3 is 6.02 Å². The lowest BCUT2D eigenvalue weighted by Crippen LogP contribution is -2.12. The molecule has 0 saturated heterocycles. The van der Waals surface area contributed by atoms with Gasteiger partial charge in [-0.05, 0) is 36.4 Å². The van der Waals surface area contributed by atoms with Crippen molar-refractivity contribution in [1.82, 2.24) is 4.57 Å². The molecular weight excluding hydrogens is 238 g/mol. The van der Waals surface area contributed by atoms with Gasteiger partial charge in [0.2, 0.25) is 0 Å². The van der Waals surface area contributed by atoms with Crippen molar-refractivity contribution in [3.63, 3.8) is 0 Å². The van der Waals surface area contributed by atoms with Gasteiger partial charge < -0.3 is 4.74 Å². The van der Waals surface area contributed by atoms with E-state index in [1.165, 1.54) is 0 Å². The van der Waals surface area contributed by atoms with E-state index in [9.17, 15) is 0 Å². The molecule has 0 N–H and O–H groups in total. The van der Waals surface area contributed by atoms with Crippen LogP contribution in [0.3, 0.4) is 0 Å². The lowest BCUT2D eigenvalue weighted by molar-refractivity contribution is 0.325. The summed E-state index contributed by atoms with van der Waals surface area (Å²) < 4.78 is 7.33. The maximum atomic E-state index is 5.84. The van der Waals surface area contributed by atoms with Crippen LogP contribution in [0.1, 0.15) is 0 Å². The predicted octanol–water partition coefficient (Wildman–Crippen LogP) is 2.75. The van der Waals surface area contributed by atoms with Crippen molar-refractivity contribution in [2.24, 2.45) is 5.10 Å². The van der Waals surface area contributed by atoms with Crippen LogP contribution in [0, 0.1) is 0 Å². The van der Waals surface area contributed by atoms with E-state index in [1.807, 2.05) is 53.4 Å². The molecule has 1 aliphatic heterocycles. The summed E-state index contributed by atoms with van der Waals surface area (Å²) in [6.07, 6.45) is 3.79. The molecule has 0 unspecified atom stereocenters. The van der Waals surface area contributed by atoms with E-state index in [0.717, 1.165) is 5.69 Å². The van der Waals surface area contributed by atoms with Gasteiger partial charge in [-0.3, -0.25) is 4.57 Å². The van der Waals surface area contributed by atoms with Gasteiger partial charge in [0.15, 0.2) is 6.73 Å². The van der Waals surface area contributed by atoms with Crippen LogP contribution in [0.25, 0.3) is 0 Å². The smallest absolute Gasteiger partial charge is 0.319 e. The molecule has 1 aromatic heterocycles. The molecule has 0 amide bonds. The van der Waals surface area contributed by atoms with Crippen LogP contribution in [-0.2, 0) is 4.74 Å². The number of anilines is 1. The molecule has 0 radical (unpaired) electrons. The van der Waals surface area contributed by atoms with E-state index in [2.05, 4.69) is 5.10 Å². The third kappa shape index (κ3) is 1.99. The molecule has 2 heterocycles. The van der Waals surface area contributed by atoms with Crippen LogP contribution in [0.4, 0.5) is 5.69 Å². The number of ether oxygens (including phenoxy) is 1. The van der Waals surface area contributed by atoms with Crippen LogP contribution < -0.4 is 5.01 Å². The van der Waals surface area contributed by atoms with E-state index >= 15 is 0 Å². The molecule has 0 aliphatic carbocycles. The maximum absolute atomic E-state index is 5.84. The molecule has 1 aliphatic rings. The summed E-state index contributed by atoms with van der Waals surface area (Å²) in [5.41, 5.74) is 0.955. The van der Waals surface area contributed by atoms with E-state index in [1.54, 1.807) is 5.01 Å². The van der Waals surface area contributed by atoms with Gasteiger partial charge in [0.05, 0.1) is 5.69 Å². The average molecular weight is 248 g/mol. The first-order valence-electron chi connectivity index (χ1n) is 5.21. The Balaban J connectivity index is 1.85. The zero-order valence-electron chi connectivity index (χ0n) is 8.95.